The Morgan fingerprint density at radius 1 is 1.33 bits per heavy atom. The number of rotatable bonds is 2. The Bertz CT molecular complexity index is 688. The molecular formula is C16H15ClN2O2. The van der Waals surface area contributed by atoms with E-state index in [-0.39, 0.29) is 5.91 Å². The van der Waals surface area contributed by atoms with Gasteiger partial charge in [-0.1, -0.05) is 23.7 Å². The van der Waals surface area contributed by atoms with Crippen molar-refractivity contribution in [3.8, 4) is 5.75 Å². The summed E-state index contributed by atoms with van der Waals surface area (Å²) < 4.78 is 5.73. The average Bonchev–Trinajstić information content (AvgIpc) is 2.49. The second-order valence-corrected chi connectivity index (χ2v) is 5.37. The third-order valence-electron chi connectivity index (χ3n) is 3.37. The van der Waals surface area contributed by atoms with Crippen LogP contribution in [0.3, 0.4) is 0 Å². The molecule has 21 heavy (non-hydrogen) atoms. The fourth-order valence-corrected chi connectivity index (χ4v) is 2.47. The molecule has 0 bridgehead atoms. The van der Waals surface area contributed by atoms with Crippen molar-refractivity contribution in [3.05, 3.63) is 53.1 Å². The monoisotopic (exact) mass is 302 g/mol. The van der Waals surface area contributed by atoms with E-state index < -0.39 is 6.10 Å². The first-order valence-electron chi connectivity index (χ1n) is 6.70. The second kappa shape index (κ2) is 5.66. The van der Waals surface area contributed by atoms with Gasteiger partial charge in [0.1, 0.15) is 5.75 Å². The highest BCUT2D eigenvalue weighted by atomic mass is 35.5. The first kappa shape index (κ1) is 13.8. The van der Waals surface area contributed by atoms with Crippen molar-refractivity contribution >= 4 is 28.9 Å². The third kappa shape index (κ3) is 2.95. The number of para-hydroxylation sites is 2. The summed E-state index contributed by atoms with van der Waals surface area (Å²) in [4.78, 5) is 12.3. The fraction of sp³-hybridized carbons (Fsp3) is 0.188. The van der Waals surface area contributed by atoms with Crippen LogP contribution in [-0.2, 0) is 4.79 Å². The Hall–Kier alpha value is -2.20. The normalized spacial score (nSPS) is 16.4. The highest BCUT2D eigenvalue weighted by Gasteiger charge is 2.25. The lowest BCUT2D eigenvalue weighted by molar-refractivity contribution is -0.122. The maximum atomic E-state index is 12.3. The van der Waals surface area contributed by atoms with Gasteiger partial charge in [-0.3, -0.25) is 4.79 Å². The molecule has 0 aromatic heterocycles. The van der Waals surface area contributed by atoms with Crippen molar-refractivity contribution < 1.29 is 9.53 Å². The van der Waals surface area contributed by atoms with Gasteiger partial charge < -0.3 is 15.4 Å². The minimum absolute atomic E-state index is 0.178. The van der Waals surface area contributed by atoms with Crippen molar-refractivity contribution in [1.82, 2.24) is 0 Å². The molecule has 0 radical (unpaired) electrons. The summed E-state index contributed by atoms with van der Waals surface area (Å²) in [5.41, 5.74) is 2.57. The van der Waals surface area contributed by atoms with E-state index in [0.717, 1.165) is 16.9 Å². The lowest BCUT2D eigenvalue weighted by atomic mass is 10.2. The molecular weight excluding hydrogens is 288 g/mol. The molecule has 0 fully saturated rings. The molecule has 5 heteroatoms. The Morgan fingerprint density at radius 3 is 2.95 bits per heavy atom. The standard InChI is InChI=1S/C16H15ClN2O2/c1-10-8-11(17)6-7-12(10)19-16(20)15-9-18-13-4-2-3-5-14(13)21-15/h2-8,15,18H,9H2,1H3,(H,19,20). The van der Waals surface area contributed by atoms with Crippen molar-refractivity contribution in [1.29, 1.82) is 0 Å². The number of hydrogen-bond donors (Lipinski definition) is 2. The average molecular weight is 303 g/mol. The van der Waals surface area contributed by atoms with Crippen LogP contribution in [0.15, 0.2) is 42.5 Å². The molecule has 3 rings (SSSR count). The molecule has 0 spiro atoms. The summed E-state index contributed by atoms with van der Waals surface area (Å²) in [6, 6.07) is 12.9. The fourth-order valence-electron chi connectivity index (χ4n) is 2.24. The molecule has 108 valence electrons. The van der Waals surface area contributed by atoms with E-state index in [1.54, 1.807) is 12.1 Å². The molecule has 1 aliphatic heterocycles. The maximum Gasteiger partial charge on any atom is 0.267 e. The third-order valence-corrected chi connectivity index (χ3v) is 3.61. The zero-order valence-corrected chi connectivity index (χ0v) is 12.3. The summed E-state index contributed by atoms with van der Waals surface area (Å²) in [6.07, 6.45) is -0.560. The Morgan fingerprint density at radius 2 is 2.14 bits per heavy atom. The van der Waals surface area contributed by atoms with E-state index in [2.05, 4.69) is 10.6 Å². The van der Waals surface area contributed by atoms with Gasteiger partial charge in [-0.05, 0) is 42.8 Å². The van der Waals surface area contributed by atoms with Gasteiger partial charge in [0.05, 0.1) is 12.2 Å². The number of fused-ring (bicyclic) bond motifs is 1. The van der Waals surface area contributed by atoms with Gasteiger partial charge >= 0.3 is 0 Å². The minimum atomic E-state index is -0.560. The van der Waals surface area contributed by atoms with Crippen molar-refractivity contribution in [2.75, 3.05) is 17.2 Å². The van der Waals surface area contributed by atoms with Crippen LogP contribution in [0.2, 0.25) is 5.02 Å². The number of amides is 1. The second-order valence-electron chi connectivity index (χ2n) is 4.93. The van der Waals surface area contributed by atoms with E-state index in [1.807, 2.05) is 37.3 Å². The number of hydrogen-bond acceptors (Lipinski definition) is 3. The first-order valence-corrected chi connectivity index (χ1v) is 7.08. The molecule has 0 aliphatic carbocycles. The number of halogens is 1. The lowest BCUT2D eigenvalue weighted by Crippen LogP contribution is -2.41. The molecule has 2 aromatic rings. The number of benzene rings is 2. The van der Waals surface area contributed by atoms with Crippen LogP contribution in [0, 0.1) is 6.92 Å². The molecule has 0 saturated carbocycles. The zero-order chi connectivity index (χ0) is 14.8. The first-order chi connectivity index (χ1) is 10.1. The van der Waals surface area contributed by atoms with E-state index >= 15 is 0 Å². The van der Waals surface area contributed by atoms with Gasteiger partial charge in [-0.15, -0.1) is 0 Å². The molecule has 2 aromatic carbocycles. The topological polar surface area (TPSA) is 50.4 Å². The molecule has 0 saturated heterocycles. The highest BCUT2D eigenvalue weighted by Crippen LogP contribution is 2.28. The summed E-state index contributed by atoms with van der Waals surface area (Å²) >= 11 is 5.91. The van der Waals surface area contributed by atoms with E-state index in [9.17, 15) is 4.79 Å². The van der Waals surface area contributed by atoms with Gasteiger partial charge in [0, 0.05) is 10.7 Å². The number of carbonyl (C=O) groups is 1. The van der Waals surface area contributed by atoms with Crippen LogP contribution < -0.4 is 15.4 Å². The van der Waals surface area contributed by atoms with Gasteiger partial charge in [0.2, 0.25) is 0 Å². The van der Waals surface area contributed by atoms with E-state index in [0.29, 0.717) is 17.3 Å². The molecule has 1 heterocycles. The van der Waals surface area contributed by atoms with Gasteiger partial charge in [-0.25, -0.2) is 0 Å². The van der Waals surface area contributed by atoms with Crippen molar-refractivity contribution in [2.24, 2.45) is 0 Å². The van der Waals surface area contributed by atoms with Crippen molar-refractivity contribution in [3.63, 3.8) is 0 Å². The molecule has 4 nitrogen and oxygen atoms in total. The van der Waals surface area contributed by atoms with Gasteiger partial charge in [0.15, 0.2) is 6.10 Å². The molecule has 1 unspecified atom stereocenters. The van der Waals surface area contributed by atoms with Crippen molar-refractivity contribution in [2.45, 2.75) is 13.0 Å². The smallest absolute Gasteiger partial charge is 0.267 e. The van der Waals surface area contributed by atoms with Crippen LogP contribution in [0.25, 0.3) is 0 Å². The minimum Gasteiger partial charge on any atom is -0.477 e. The van der Waals surface area contributed by atoms with Gasteiger partial charge in [0.25, 0.3) is 5.91 Å². The predicted octanol–water partition coefficient (Wildman–Crippen LogP) is 3.46. The quantitative estimate of drug-likeness (QED) is 0.893. The summed E-state index contributed by atoms with van der Waals surface area (Å²) in [5.74, 6) is 0.513. The Kier molecular flexibility index (Phi) is 3.71. The Labute approximate surface area is 128 Å². The summed E-state index contributed by atoms with van der Waals surface area (Å²) in [5, 5.41) is 6.72. The number of carbonyl (C=O) groups excluding carboxylic acids is 1. The highest BCUT2D eigenvalue weighted by molar-refractivity contribution is 6.30. The molecule has 1 aliphatic rings. The largest absolute Gasteiger partial charge is 0.477 e. The van der Waals surface area contributed by atoms with Crippen LogP contribution in [-0.4, -0.2) is 18.6 Å². The van der Waals surface area contributed by atoms with E-state index in [4.69, 9.17) is 16.3 Å². The van der Waals surface area contributed by atoms with Crippen LogP contribution in [0.5, 0.6) is 5.75 Å². The van der Waals surface area contributed by atoms with Crippen LogP contribution in [0.1, 0.15) is 5.56 Å². The van der Waals surface area contributed by atoms with Crippen LogP contribution in [0.4, 0.5) is 11.4 Å². The number of nitrogens with one attached hydrogen (secondary N) is 2. The Balaban J connectivity index is 1.72. The lowest BCUT2D eigenvalue weighted by Gasteiger charge is -2.26. The number of anilines is 2. The van der Waals surface area contributed by atoms with Crippen LogP contribution >= 0.6 is 11.6 Å². The molecule has 1 amide bonds. The molecule has 1 atom stereocenters. The SMILES string of the molecule is Cc1cc(Cl)ccc1NC(=O)C1CNc2ccccc2O1. The van der Waals surface area contributed by atoms with Gasteiger partial charge in [-0.2, -0.15) is 0 Å². The number of aryl methyl sites for hydroxylation is 1. The number of ether oxygens (including phenoxy) is 1. The maximum absolute atomic E-state index is 12.3. The summed E-state index contributed by atoms with van der Waals surface area (Å²) in [7, 11) is 0. The summed E-state index contributed by atoms with van der Waals surface area (Å²) in [6.45, 7) is 2.34. The molecule has 2 N–H and O–H groups in total. The predicted molar refractivity (Wildman–Crippen MR) is 84.2 cm³/mol. The zero-order valence-electron chi connectivity index (χ0n) is 11.5. The van der Waals surface area contributed by atoms with E-state index in [1.165, 1.54) is 0 Å².